The number of rotatable bonds is 1. The van der Waals surface area contributed by atoms with E-state index in [0.29, 0.717) is 6.42 Å². The summed E-state index contributed by atoms with van der Waals surface area (Å²) in [5.74, 6) is -0.196. The molecule has 2 heteroatoms. The molecule has 0 N–H and O–H groups in total. The van der Waals surface area contributed by atoms with E-state index in [1.165, 1.54) is 12.1 Å². The van der Waals surface area contributed by atoms with E-state index in [4.69, 9.17) is 0 Å². The summed E-state index contributed by atoms with van der Waals surface area (Å²) in [6.45, 7) is 0. The largest absolute Gasteiger partial charge is 0.303 e. The number of aldehydes is 1. The van der Waals surface area contributed by atoms with Gasteiger partial charge in [-0.2, -0.15) is 0 Å². The standard InChI is InChI=1S/C9H7FO/c10-8-1-2-9-6(4-8)3-7(9)5-11/h1-2,4-5,7H,3H2. The van der Waals surface area contributed by atoms with Gasteiger partial charge in [-0.3, -0.25) is 0 Å². The van der Waals surface area contributed by atoms with Crippen LogP contribution in [0.3, 0.4) is 0 Å². The van der Waals surface area contributed by atoms with Gasteiger partial charge in [0.2, 0.25) is 0 Å². The molecule has 2 rings (SSSR count). The molecule has 0 radical (unpaired) electrons. The van der Waals surface area contributed by atoms with Crippen LogP contribution in [0.1, 0.15) is 17.0 Å². The monoisotopic (exact) mass is 150 g/mol. The molecule has 1 aliphatic rings. The van der Waals surface area contributed by atoms with Crippen LogP contribution in [0.5, 0.6) is 0 Å². The first-order valence-electron chi connectivity index (χ1n) is 3.55. The number of benzene rings is 1. The average Bonchev–Trinajstić information content (AvgIpc) is 1.95. The van der Waals surface area contributed by atoms with Crippen molar-refractivity contribution in [2.75, 3.05) is 0 Å². The summed E-state index contributed by atoms with van der Waals surface area (Å²) in [6, 6.07) is 4.58. The second kappa shape index (κ2) is 2.16. The maximum atomic E-state index is 12.5. The number of carbonyl (C=O) groups excluding carboxylic acids is 1. The van der Waals surface area contributed by atoms with E-state index in [2.05, 4.69) is 0 Å². The van der Waals surface area contributed by atoms with Crippen molar-refractivity contribution in [2.45, 2.75) is 12.3 Å². The Morgan fingerprint density at radius 3 is 3.00 bits per heavy atom. The van der Waals surface area contributed by atoms with Gasteiger partial charge in [0.05, 0.1) is 0 Å². The summed E-state index contributed by atoms with van der Waals surface area (Å²) in [7, 11) is 0. The highest BCUT2D eigenvalue weighted by atomic mass is 19.1. The minimum atomic E-state index is -0.215. The van der Waals surface area contributed by atoms with Crippen molar-refractivity contribution in [1.29, 1.82) is 0 Å². The Labute approximate surface area is 63.8 Å². The van der Waals surface area contributed by atoms with Gasteiger partial charge in [0.15, 0.2) is 0 Å². The zero-order valence-electron chi connectivity index (χ0n) is 5.88. The van der Waals surface area contributed by atoms with Crippen molar-refractivity contribution >= 4 is 6.29 Å². The summed E-state index contributed by atoms with van der Waals surface area (Å²) in [4.78, 5) is 10.3. The topological polar surface area (TPSA) is 17.1 Å². The summed E-state index contributed by atoms with van der Waals surface area (Å²) < 4.78 is 12.5. The molecule has 0 amide bonds. The lowest BCUT2D eigenvalue weighted by Gasteiger charge is -2.24. The quantitative estimate of drug-likeness (QED) is 0.556. The molecule has 0 spiro atoms. The smallest absolute Gasteiger partial charge is 0.127 e. The van der Waals surface area contributed by atoms with Gasteiger partial charge in [0.25, 0.3) is 0 Å². The highest BCUT2D eigenvalue weighted by Gasteiger charge is 2.25. The molecule has 1 aromatic rings. The van der Waals surface area contributed by atoms with Crippen LogP contribution in [0, 0.1) is 5.82 Å². The van der Waals surface area contributed by atoms with Crippen LogP contribution in [0.25, 0.3) is 0 Å². The lowest BCUT2D eigenvalue weighted by molar-refractivity contribution is -0.109. The highest BCUT2D eigenvalue weighted by Crippen LogP contribution is 2.33. The predicted molar refractivity (Wildman–Crippen MR) is 38.9 cm³/mol. The molecule has 11 heavy (non-hydrogen) atoms. The van der Waals surface area contributed by atoms with E-state index in [-0.39, 0.29) is 11.7 Å². The third-order valence-electron chi connectivity index (χ3n) is 2.11. The van der Waals surface area contributed by atoms with Crippen LogP contribution in [0.4, 0.5) is 4.39 Å². The summed E-state index contributed by atoms with van der Waals surface area (Å²) >= 11 is 0. The number of carbonyl (C=O) groups is 1. The van der Waals surface area contributed by atoms with Crippen molar-refractivity contribution in [3.8, 4) is 0 Å². The SMILES string of the molecule is O=CC1Cc2cc(F)ccc21. The molecule has 0 heterocycles. The first kappa shape index (κ1) is 6.53. The van der Waals surface area contributed by atoms with Gasteiger partial charge in [0.1, 0.15) is 12.1 Å². The van der Waals surface area contributed by atoms with E-state index < -0.39 is 0 Å². The lowest BCUT2D eigenvalue weighted by atomic mass is 9.79. The van der Waals surface area contributed by atoms with Gasteiger partial charge in [-0.05, 0) is 29.7 Å². The fourth-order valence-electron chi connectivity index (χ4n) is 1.45. The van der Waals surface area contributed by atoms with E-state index in [9.17, 15) is 9.18 Å². The highest BCUT2D eigenvalue weighted by molar-refractivity contribution is 5.68. The van der Waals surface area contributed by atoms with Gasteiger partial charge >= 0.3 is 0 Å². The molecule has 0 aliphatic heterocycles. The van der Waals surface area contributed by atoms with E-state index in [1.54, 1.807) is 6.07 Å². The molecule has 1 aliphatic carbocycles. The van der Waals surface area contributed by atoms with Crippen molar-refractivity contribution in [3.63, 3.8) is 0 Å². The van der Waals surface area contributed by atoms with Crippen LogP contribution < -0.4 is 0 Å². The van der Waals surface area contributed by atoms with Gasteiger partial charge < -0.3 is 4.79 Å². The summed E-state index contributed by atoms with van der Waals surface area (Å²) in [5.41, 5.74) is 1.96. The van der Waals surface area contributed by atoms with Crippen LogP contribution in [0.15, 0.2) is 18.2 Å². The van der Waals surface area contributed by atoms with Gasteiger partial charge in [-0.15, -0.1) is 0 Å². The zero-order valence-corrected chi connectivity index (χ0v) is 5.88. The minimum absolute atomic E-state index is 0.0191. The van der Waals surface area contributed by atoms with Crippen LogP contribution in [0.2, 0.25) is 0 Å². The predicted octanol–water partition coefficient (Wildman–Crippen LogP) is 1.66. The lowest BCUT2D eigenvalue weighted by Crippen LogP contribution is -2.18. The number of hydrogen-bond acceptors (Lipinski definition) is 1. The zero-order chi connectivity index (χ0) is 7.84. The van der Waals surface area contributed by atoms with E-state index in [1.807, 2.05) is 0 Å². The van der Waals surface area contributed by atoms with Crippen molar-refractivity contribution in [3.05, 3.63) is 35.1 Å². The normalized spacial score (nSPS) is 20.3. The maximum absolute atomic E-state index is 12.5. The second-order valence-corrected chi connectivity index (χ2v) is 2.79. The molecule has 1 atom stereocenters. The van der Waals surface area contributed by atoms with Crippen LogP contribution in [-0.2, 0) is 11.2 Å². The van der Waals surface area contributed by atoms with Crippen molar-refractivity contribution in [1.82, 2.24) is 0 Å². The Kier molecular flexibility index (Phi) is 1.28. The second-order valence-electron chi connectivity index (χ2n) is 2.79. The van der Waals surface area contributed by atoms with E-state index >= 15 is 0 Å². The number of hydrogen-bond donors (Lipinski definition) is 0. The molecule has 0 fully saturated rings. The molecular formula is C9H7FO. The Hall–Kier alpha value is -1.18. The summed E-state index contributed by atoms with van der Waals surface area (Å²) in [5, 5.41) is 0. The van der Waals surface area contributed by atoms with Gasteiger partial charge in [-0.25, -0.2) is 4.39 Å². The molecule has 0 saturated carbocycles. The maximum Gasteiger partial charge on any atom is 0.127 e. The Morgan fingerprint density at radius 1 is 1.55 bits per heavy atom. The fraction of sp³-hybridized carbons (Fsp3) is 0.222. The van der Waals surface area contributed by atoms with Crippen LogP contribution in [-0.4, -0.2) is 6.29 Å². The first-order chi connectivity index (χ1) is 5.31. The molecule has 1 nitrogen and oxygen atoms in total. The molecule has 0 saturated heterocycles. The third-order valence-corrected chi connectivity index (χ3v) is 2.11. The molecule has 1 unspecified atom stereocenters. The first-order valence-corrected chi connectivity index (χ1v) is 3.55. The average molecular weight is 150 g/mol. The molecule has 0 bridgehead atoms. The van der Waals surface area contributed by atoms with Crippen molar-refractivity contribution in [2.24, 2.45) is 0 Å². The number of fused-ring (bicyclic) bond motifs is 1. The fourth-order valence-corrected chi connectivity index (χ4v) is 1.45. The molecule has 0 aromatic heterocycles. The Bertz CT molecular complexity index is 306. The van der Waals surface area contributed by atoms with Gasteiger partial charge in [-0.1, -0.05) is 6.07 Å². The van der Waals surface area contributed by atoms with E-state index in [0.717, 1.165) is 17.4 Å². The van der Waals surface area contributed by atoms with Gasteiger partial charge in [0, 0.05) is 5.92 Å². The Morgan fingerprint density at radius 2 is 2.36 bits per heavy atom. The molecule has 1 aromatic carbocycles. The third kappa shape index (κ3) is 0.862. The molecule has 56 valence electrons. The number of halogens is 1. The minimum Gasteiger partial charge on any atom is -0.303 e. The van der Waals surface area contributed by atoms with Crippen molar-refractivity contribution < 1.29 is 9.18 Å². The summed E-state index contributed by atoms with van der Waals surface area (Å²) in [6.07, 6.45) is 1.62. The Balaban J connectivity index is 2.42. The molecular weight excluding hydrogens is 143 g/mol. The van der Waals surface area contributed by atoms with Crippen LogP contribution >= 0.6 is 0 Å².